The Morgan fingerprint density at radius 2 is 2.50 bits per heavy atom. The van der Waals surface area contributed by atoms with Gasteiger partial charge < -0.3 is 10.4 Å². The topological polar surface area (TPSA) is 80.0 Å². The zero-order valence-corrected chi connectivity index (χ0v) is 8.05. The van der Waals surface area contributed by atoms with Gasteiger partial charge in [0.25, 0.3) is 0 Å². The van der Waals surface area contributed by atoms with E-state index in [1.165, 1.54) is 17.3 Å². The van der Waals surface area contributed by atoms with Crippen LogP contribution in [0.3, 0.4) is 0 Å². The number of hydrogen-bond donors (Lipinski definition) is 2. The minimum atomic E-state index is -0.175. The van der Waals surface area contributed by atoms with Crippen LogP contribution in [-0.4, -0.2) is 38.4 Å². The van der Waals surface area contributed by atoms with Gasteiger partial charge in [-0.2, -0.15) is 5.10 Å². The van der Waals surface area contributed by atoms with Crippen LogP contribution in [0.2, 0.25) is 0 Å². The average Bonchev–Trinajstić information content (AvgIpc) is 2.66. The second-order valence-corrected chi connectivity index (χ2v) is 2.95. The lowest BCUT2D eigenvalue weighted by Gasteiger charge is -2.13. The fourth-order valence-corrected chi connectivity index (χ4v) is 1.01. The van der Waals surface area contributed by atoms with Crippen LogP contribution in [-0.2, 0) is 11.3 Å². The van der Waals surface area contributed by atoms with Crippen LogP contribution in [0.4, 0.5) is 0 Å². The van der Waals surface area contributed by atoms with E-state index in [1.54, 1.807) is 0 Å². The zero-order valence-electron chi connectivity index (χ0n) is 8.05. The van der Waals surface area contributed by atoms with Gasteiger partial charge in [-0.05, 0) is 6.42 Å². The summed E-state index contributed by atoms with van der Waals surface area (Å²) in [5, 5.41) is 15.3. The van der Waals surface area contributed by atoms with Gasteiger partial charge in [-0.15, -0.1) is 0 Å². The summed E-state index contributed by atoms with van der Waals surface area (Å²) in [4.78, 5) is 15.0. The molecular formula is C8H14N4O2. The van der Waals surface area contributed by atoms with E-state index in [2.05, 4.69) is 15.4 Å². The van der Waals surface area contributed by atoms with Gasteiger partial charge in [0.15, 0.2) is 0 Å². The molecule has 0 spiro atoms. The zero-order chi connectivity index (χ0) is 10.4. The van der Waals surface area contributed by atoms with Crippen molar-refractivity contribution in [1.29, 1.82) is 0 Å². The smallest absolute Gasteiger partial charge is 0.242 e. The monoisotopic (exact) mass is 198 g/mol. The van der Waals surface area contributed by atoms with Crippen molar-refractivity contribution >= 4 is 5.91 Å². The number of nitrogens with one attached hydrogen (secondary N) is 1. The van der Waals surface area contributed by atoms with E-state index in [4.69, 9.17) is 5.11 Å². The van der Waals surface area contributed by atoms with Crippen molar-refractivity contribution < 1.29 is 9.90 Å². The third kappa shape index (κ3) is 3.14. The highest BCUT2D eigenvalue weighted by molar-refractivity contribution is 5.75. The Morgan fingerprint density at radius 1 is 1.71 bits per heavy atom. The average molecular weight is 198 g/mol. The first-order valence-corrected chi connectivity index (χ1v) is 4.49. The molecule has 1 heterocycles. The van der Waals surface area contributed by atoms with Crippen LogP contribution in [0.1, 0.15) is 13.3 Å². The van der Waals surface area contributed by atoms with Crippen molar-refractivity contribution in [3.8, 4) is 0 Å². The minimum Gasteiger partial charge on any atom is -0.394 e. The maximum atomic E-state index is 11.3. The summed E-state index contributed by atoms with van der Waals surface area (Å²) in [7, 11) is 0. The van der Waals surface area contributed by atoms with Crippen LogP contribution >= 0.6 is 0 Å². The molecule has 0 fully saturated rings. The number of carbonyl (C=O) groups is 1. The second-order valence-electron chi connectivity index (χ2n) is 2.95. The predicted molar refractivity (Wildman–Crippen MR) is 49.3 cm³/mol. The Hall–Kier alpha value is -1.43. The summed E-state index contributed by atoms with van der Waals surface area (Å²) in [6.07, 6.45) is 3.55. The quantitative estimate of drug-likeness (QED) is 0.647. The van der Waals surface area contributed by atoms with Crippen LogP contribution in [0.15, 0.2) is 12.7 Å². The van der Waals surface area contributed by atoms with Gasteiger partial charge in [0.2, 0.25) is 5.91 Å². The molecule has 1 aromatic rings. The molecule has 78 valence electrons. The SMILES string of the molecule is CC[C@H](CO)NC(=O)Cn1cncn1. The fourth-order valence-electron chi connectivity index (χ4n) is 1.01. The van der Waals surface area contributed by atoms with Crippen molar-refractivity contribution in [3.05, 3.63) is 12.7 Å². The van der Waals surface area contributed by atoms with E-state index < -0.39 is 0 Å². The lowest BCUT2D eigenvalue weighted by atomic mass is 10.2. The molecule has 0 aliphatic heterocycles. The van der Waals surface area contributed by atoms with E-state index in [0.29, 0.717) is 6.42 Å². The number of amides is 1. The molecule has 1 amide bonds. The third-order valence-corrected chi connectivity index (χ3v) is 1.85. The molecule has 0 aliphatic carbocycles. The molecule has 1 rings (SSSR count). The molecule has 0 unspecified atom stereocenters. The summed E-state index contributed by atoms with van der Waals surface area (Å²) in [5.41, 5.74) is 0. The van der Waals surface area contributed by atoms with E-state index in [9.17, 15) is 4.79 Å². The largest absolute Gasteiger partial charge is 0.394 e. The number of aliphatic hydroxyl groups excluding tert-OH is 1. The molecule has 2 N–H and O–H groups in total. The van der Waals surface area contributed by atoms with Gasteiger partial charge in [0, 0.05) is 0 Å². The Morgan fingerprint density at radius 3 is 3.00 bits per heavy atom. The first-order chi connectivity index (χ1) is 6.76. The van der Waals surface area contributed by atoms with Crippen LogP contribution in [0.25, 0.3) is 0 Å². The van der Waals surface area contributed by atoms with Crippen molar-refractivity contribution in [1.82, 2.24) is 20.1 Å². The highest BCUT2D eigenvalue weighted by Gasteiger charge is 2.09. The van der Waals surface area contributed by atoms with Crippen molar-refractivity contribution in [2.45, 2.75) is 25.9 Å². The van der Waals surface area contributed by atoms with Gasteiger partial charge >= 0.3 is 0 Å². The Balaban J connectivity index is 2.35. The van der Waals surface area contributed by atoms with Gasteiger partial charge in [0.05, 0.1) is 12.6 Å². The van der Waals surface area contributed by atoms with E-state index in [-0.39, 0.29) is 25.1 Å². The van der Waals surface area contributed by atoms with Crippen LogP contribution in [0.5, 0.6) is 0 Å². The third-order valence-electron chi connectivity index (χ3n) is 1.85. The molecule has 0 bridgehead atoms. The number of rotatable bonds is 5. The maximum Gasteiger partial charge on any atom is 0.242 e. The molecule has 0 aliphatic rings. The van der Waals surface area contributed by atoms with E-state index in [1.807, 2.05) is 6.92 Å². The molecule has 0 saturated carbocycles. The number of aromatic nitrogens is 3. The summed E-state index contributed by atoms with van der Waals surface area (Å²) >= 11 is 0. The second kappa shape index (κ2) is 5.33. The Kier molecular flexibility index (Phi) is 4.06. The summed E-state index contributed by atoms with van der Waals surface area (Å²) < 4.78 is 1.43. The van der Waals surface area contributed by atoms with Crippen molar-refractivity contribution in [2.24, 2.45) is 0 Å². The molecule has 1 aromatic heterocycles. The van der Waals surface area contributed by atoms with E-state index in [0.717, 1.165) is 0 Å². The lowest BCUT2D eigenvalue weighted by molar-refractivity contribution is -0.122. The number of hydrogen-bond acceptors (Lipinski definition) is 4. The highest BCUT2D eigenvalue weighted by atomic mass is 16.3. The number of nitrogens with zero attached hydrogens (tertiary/aromatic N) is 3. The van der Waals surface area contributed by atoms with E-state index >= 15 is 0 Å². The minimum absolute atomic E-state index is 0.0421. The lowest BCUT2D eigenvalue weighted by Crippen LogP contribution is -2.38. The predicted octanol–water partition coefficient (Wildman–Crippen LogP) is -0.835. The highest BCUT2D eigenvalue weighted by Crippen LogP contribution is 1.89. The van der Waals surface area contributed by atoms with Crippen LogP contribution < -0.4 is 5.32 Å². The Labute approximate surface area is 82.0 Å². The van der Waals surface area contributed by atoms with Gasteiger partial charge in [-0.25, -0.2) is 9.67 Å². The number of carbonyl (C=O) groups excluding carboxylic acids is 1. The molecule has 6 heteroatoms. The molecule has 6 nitrogen and oxygen atoms in total. The maximum absolute atomic E-state index is 11.3. The summed E-state index contributed by atoms with van der Waals surface area (Å²) in [6.45, 7) is 1.99. The van der Waals surface area contributed by atoms with Gasteiger partial charge in [-0.1, -0.05) is 6.92 Å². The number of aliphatic hydroxyl groups is 1. The first kappa shape index (κ1) is 10.6. The molecule has 1 atom stereocenters. The summed E-state index contributed by atoms with van der Waals surface area (Å²) in [6, 6.07) is -0.175. The molecular weight excluding hydrogens is 184 g/mol. The molecule has 14 heavy (non-hydrogen) atoms. The summed E-state index contributed by atoms with van der Waals surface area (Å²) in [5.74, 6) is -0.170. The van der Waals surface area contributed by atoms with Gasteiger partial charge in [0.1, 0.15) is 19.2 Å². The normalized spacial score (nSPS) is 12.4. The Bertz CT molecular complexity index is 269. The molecule has 0 radical (unpaired) electrons. The molecule has 0 saturated heterocycles. The first-order valence-electron chi connectivity index (χ1n) is 4.49. The van der Waals surface area contributed by atoms with Crippen molar-refractivity contribution in [2.75, 3.05) is 6.61 Å². The standard InChI is InChI=1S/C8H14N4O2/c1-2-7(4-13)11-8(14)3-12-6-9-5-10-12/h5-7,13H,2-4H2,1H3,(H,11,14)/t7-/m1/s1. The van der Waals surface area contributed by atoms with Crippen LogP contribution in [0, 0.1) is 0 Å². The van der Waals surface area contributed by atoms with Crippen molar-refractivity contribution in [3.63, 3.8) is 0 Å². The molecule has 0 aromatic carbocycles. The van der Waals surface area contributed by atoms with Gasteiger partial charge in [-0.3, -0.25) is 4.79 Å². The fraction of sp³-hybridized carbons (Fsp3) is 0.625.